The van der Waals surface area contributed by atoms with Gasteiger partial charge in [0.1, 0.15) is 5.82 Å². The Kier molecular flexibility index (Phi) is 3.76. The Labute approximate surface area is 81.7 Å². The molecule has 0 aliphatic carbocycles. The number of aromatic nitrogens is 1. The van der Waals surface area contributed by atoms with Crippen molar-refractivity contribution >= 4 is 23.4 Å². The molecule has 0 unspecified atom stereocenters. The van der Waals surface area contributed by atoms with Gasteiger partial charge in [-0.2, -0.15) is 11.8 Å². The van der Waals surface area contributed by atoms with Gasteiger partial charge in [0, 0.05) is 6.20 Å². The van der Waals surface area contributed by atoms with Crippen LogP contribution < -0.4 is 5.73 Å². The molecule has 0 fully saturated rings. The monoisotopic (exact) mass is 196 g/mol. The summed E-state index contributed by atoms with van der Waals surface area (Å²) in [5.74, 6) is 1.79. The first-order valence-electron chi connectivity index (χ1n) is 4.07. The third-order valence-electron chi connectivity index (χ3n) is 1.58. The number of thioether (sulfide) groups is 1. The lowest BCUT2D eigenvalue weighted by Gasteiger charge is -2.01. The van der Waals surface area contributed by atoms with Gasteiger partial charge in [-0.1, -0.05) is 6.92 Å². The van der Waals surface area contributed by atoms with Gasteiger partial charge in [0.25, 0.3) is 0 Å². The molecule has 3 nitrogen and oxygen atoms in total. The fraction of sp³-hybridized carbons (Fsp3) is 0.333. The zero-order valence-electron chi connectivity index (χ0n) is 7.49. The van der Waals surface area contributed by atoms with E-state index in [1.54, 1.807) is 30.1 Å². The Morgan fingerprint density at radius 2 is 2.46 bits per heavy atom. The van der Waals surface area contributed by atoms with Gasteiger partial charge in [0.15, 0.2) is 5.78 Å². The molecule has 0 aliphatic rings. The molecule has 0 aliphatic heterocycles. The minimum Gasteiger partial charge on any atom is -0.383 e. The van der Waals surface area contributed by atoms with Crippen LogP contribution in [0.15, 0.2) is 18.3 Å². The molecule has 0 aromatic carbocycles. The van der Waals surface area contributed by atoms with Gasteiger partial charge in [-0.3, -0.25) is 4.79 Å². The number of rotatable bonds is 4. The van der Waals surface area contributed by atoms with Crippen LogP contribution in [0.2, 0.25) is 0 Å². The highest BCUT2D eigenvalue weighted by Crippen LogP contribution is 2.11. The Morgan fingerprint density at radius 3 is 3.08 bits per heavy atom. The molecule has 1 aromatic heterocycles. The fourth-order valence-corrected chi connectivity index (χ4v) is 1.47. The number of carbonyl (C=O) groups is 1. The zero-order chi connectivity index (χ0) is 9.68. The maximum absolute atomic E-state index is 11.5. The molecule has 1 rings (SSSR count). The molecule has 0 amide bonds. The first-order chi connectivity index (χ1) is 6.25. The minimum atomic E-state index is 0.0532. The highest BCUT2D eigenvalue weighted by Gasteiger charge is 2.08. The van der Waals surface area contributed by atoms with E-state index in [1.807, 2.05) is 6.92 Å². The van der Waals surface area contributed by atoms with E-state index < -0.39 is 0 Å². The molecular weight excluding hydrogens is 184 g/mol. The van der Waals surface area contributed by atoms with E-state index in [4.69, 9.17) is 5.73 Å². The SMILES string of the molecule is CCSCC(=O)c1cccnc1N. The van der Waals surface area contributed by atoms with Crippen LogP contribution in [0.5, 0.6) is 0 Å². The number of hydrogen-bond acceptors (Lipinski definition) is 4. The van der Waals surface area contributed by atoms with E-state index in [0.29, 0.717) is 17.1 Å². The molecule has 1 heterocycles. The maximum atomic E-state index is 11.5. The maximum Gasteiger partial charge on any atom is 0.176 e. The van der Waals surface area contributed by atoms with E-state index in [1.165, 1.54) is 0 Å². The second-order valence-electron chi connectivity index (χ2n) is 2.50. The quantitative estimate of drug-likeness (QED) is 0.743. The molecular formula is C9H12N2OS. The number of nitrogens with zero attached hydrogens (tertiary/aromatic N) is 1. The average molecular weight is 196 g/mol. The van der Waals surface area contributed by atoms with Crippen LogP contribution in [0.25, 0.3) is 0 Å². The highest BCUT2D eigenvalue weighted by atomic mass is 32.2. The summed E-state index contributed by atoms with van der Waals surface area (Å²) in [5, 5.41) is 0. The second kappa shape index (κ2) is 4.87. The number of anilines is 1. The molecule has 0 saturated heterocycles. The summed E-state index contributed by atoms with van der Waals surface area (Å²) in [6, 6.07) is 3.43. The normalized spacial score (nSPS) is 9.92. The van der Waals surface area contributed by atoms with Crippen LogP contribution in [0, 0.1) is 0 Å². The van der Waals surface area contributed by atoms with Crippen molar-refractivity contribution < 1.29 is 4.79 Å². The largest absolute Gasteiger partial charge is 0.383 e. The van der Waals surface area contributed by atoms with Crippen LogP contribution in [0.1, 0.15) is 17.3 Å². The van der Waals surface area contributed by atoms with Crippen LogP contribution in [0.3, 0.4) is 0 Å². The van der Waals surface area contributed by atoms with Gasteiger partial charge < -0.3 is 5.73 Å². The van der Waals surface area contributed by atoms with E-state index in [9.17, 15) is 4.79 Å². The van der Waals surface area contributed by atoms with Crippen molar-refractivity contribution in [3.05, 3.63) is 23.9 Å². The molecule has 0 bridgehead atoms. The molecule has 0 atom stereocenters. The number of pyridine rings is 1. The Bertz CT molecular complexity index is 301. The van der Waals surface area contributed by atoms with Gasteiger partial charge in [-0.15, -0.1) is 0 Å². The molecule has 0 radical (unpaired) electrons. The van der Waals surface area contributed by atoms with Crippen molar-refractivity contribution in [2.24, 2.45) is 0 Å². The predicted octanol–water partition coefficient (Wildman–Crippen LogP) is 1.60. The van der Waals surface area contributed by atoms with E-state index in [2.05, 4.69) is 4.98 Å². The summed E-state index contributed by atoms with van der Waals surface area (Å²) >= 11 is 1.59. The number of ketones is 1. The molecule has 13 heavy (non-hydrogen) atoms. The van der Waals surface area contributed by atoms with Gasteiger partial charge in [-0.25, -0.2) is 4.98 Å². The predicted molar refractivity (Wildman–Crippen MR) is 56.0 cm³/mol. The van der Waals surface area contributed by atoms with Crippen molar-refractivity contribution in [3.8, 4) is 0 Å². The first kappa shape index (κ1) is 10.1. The van der Waals surface area contributed by atoms with Gasteiger partial charge in [0.05, 0.1) is 11.3 Å². The third-order valence-corrected chi connectivity index (χ3v) is 2.45. The Morgan fingerprint density at radius 1 is 1.69 bits per heavy atom. The molecule has 0 spiro atoms. The number of nitrogens with two attached hydrogens (primary N) is 1. The lowest BCUT2D eigenvalue weighted by atomic mass is 10.2. The van der Waals surface area contributed by atoms with Crippen LogP contribution in [0.4, 0.5) is 5.82 Å². The van der Waals surface area contributed by atoms with Crippen molar-refractivity contribution in [2.75, 3.05) is 17.2 Å². The molecule has 70 valence electrons. The minimum absolute atomic E-state index is 0.0532. The first-order valence-corrected chi connectivity index (χ1v) is 5.22. The van der Waals surface area contributed by atoms with Gasteiger partial charge in [-0.05, 0) is 17.9 Å². The Balaban J connectivity index is 2.71. The summed E-state index contributed by atoms with van der Waals surface area (Å²) in [6.07, 6.45) is 1.58. The van der Waals surface area contributed by atoms with Crippen LogP contribution >= 0.6 is 11.8 Å². The summed E-state index contributed by atoms with van der Waals surface area (Å²) in [5.41, 5.74) is 6.08. The second-order valence-corrected chi connectivity index (χ2v) is 3.77. The number of hydrogen-bond donors (Lipinski definition) is 1. The fourth-order valence-electron chi connectivity index (χ4n) is 0.926. The van der Waals surface area contributed by atoms with Gasteiger partial charge in [0.2, 0.25) is 0 Å². The average Bonchev–Trinajstić information content (AvgIpc) is 2.15. The van der Waals surface area contributed by atoms with Crippen molar-refractivity contribution in [1.29, 1.82) is 0 Å². The van der Waals surface area contributed by atoms with Crippen molar-refractivity contribution in [3.63, 3.8) is 0 Å². The summed E-state index contributed by atoms with van der Waals surface area (Å²) in [4.78, 5) is 15.3. The zero-order valence-corrected chi connectivity index (χ0v) is 8.30. The third kappa shape index (κ3) is 2.73. The highest BCUT2D eigenvalue weighted by molar-refractivity contribution is 7.99. The lowest BCUT2D eigenvalue weighted by molar-refractivity contribution is 0.102. The summed E-state index contributed by atoms with van der Waals surface area (Å²) in [7, 11) is 0. The van der Waals surface area contributed by atoms with Crippen molar-refractivity contribution in [2.45, 2.75) is 6.92 Å². The molecule has 2 N–H and O–H groups in total. The lowest BCUT2D eigenvalue weighted by Crippen LogP contribution is -2.07. The van der Waals surface area contributed by atoms with E-state index in [0.717, 1.165) is 5.75 Å². The Hall–Kier alpha value is -1.03. The van der Waals surface area contributed by atoms with Gasteiger partial charge >= 0.3 is 0 Å². The topological polar surface area (TPSA) is 56.0 Å². The van der Waals surface area contributed by atoms with Crippen LogP contribution in [-0.2, 0) is 0 Å². The number of Topliss-reactive ketones (excluding diaryl/α,β-unsaturated/α-hetero) is 1. The molecule has 1 aromatic rings. The summed E-state index contributed by atoms with van der Waals surface area (Å²) in [6.45, 7) is 2.02. The number of nitrogen functional groups attached to an aromatic ring is 1. The summed E-state index contributed by atoms with van der Waals surface area (Å²) < 4.78 is 0. The van der Waals surface area contributed by atoms with Crippen LogP contribution in [-0.4, -0.2) is 22.3 Å². The molecule has 0 saturated carbocycles. The van der Waals surface area contributed by atoms with E-state index >= 15 is 0 Å². The van der Waals surface area contributed by atoms with E-state index in [-0.39, 0.29) is 5.78 Å². The van der Waals surface area contributed by atoms with Crippen molar-refractivity contribution in [1.82, 2.24) is 4.98 Å². The number of carbonyl (C=O) groups excluding carboxylic acids is 1. The molecule has 4 heteroatoms. The standard InChI is InChI=1S/C9H12N2OS/c1-2-13-6-8(12)7-4-3-5-11-9(7)10/h3-5H,2,6H2,1H3,(H2,10,11). The smallest absolute Gasteiger partial charge is 0.176 e.